The highest BCUT2D eigenvalue weighted by atomic mass is 32.1. The average Bonchev–Trinajstić information content (AvgIpc) is 3.09. The van der Waals surface area contributed by atoms with E-state index in [4.69, 9.17) is 0 Å². The molecule has 0 atom stereocenters. The van der Waals surface area contributed by atoms with Crippen LogP contribution < -0.4 is 10.9 Å². The molecule has 28 heavy (non-hydrogen) atoms. The summed E-state index contributed by atoms with van der Waals surface area (Å²) >= 11 is 1.61. The van der Waals surface area contributed by atoms with Crippen molar-refractivity contribution in [2.24, 2.45) is 0 Å². The molecule has 1 N–H and O–H groups in total. The molecule has 0 radical (unpaired) electrons. The van der Waals surface area contributed by atoms with Crippen molar-refractivity contribution in [3.63, 3.8) is 0 Å². The lowest BCUT2D eigenvalue weighted by molar-refractivity contribution is -0.116. The van der Waals surface area contributed by atoms with Gasteiger partial charge in [0, 0.05) is 22.5 Å². The molecule has 0 saturated heterocycles. The van der Waals surface area contributed by atoms with Gasteiger partial charge in [-0.15, -0.1) is 11.3 Å². The van der Waals surface area contributed by atoms with Gasteiger partial charge in [0.15, 0.2) is 5.78 Å². The van der Waals surface area contributed by atoms with E-state index in [9.17, 15) is 14.4 Å². The van der Waals surface area contributed by atoms with Crippen LogP contribution in [0.4, 0.5) is 5.69 Å². The van der Waals surface area contributed by atoms with Crippen molar-refractivity contribution in [1.82, 2.24) is 9.55 Å². The first kappa shape index (κ1) is 17.3. The number of rotatable bonds is 3. The molecule has 7 heteroatoms. The number of anilines is 1. The maximum absolute atomic E-state index is 13.0. The van der Waals surface area contributed by atoms with Crippen molar-refractivity contribution in [1.29, 1.82) is 0 Å². The van der Waals surface area contributed by atoms with Crippen LogP contribution in [0.5, 0.6) is 0 Å². The number of thiophene rings is 1. The summed E-state index contributed by atoms with van der Waals surface area (Å²) in [5.41, 5.74) is 3.28. The zero-order valence-electron chi connectivity index (χ0n) is 15.3. The summed E-state index contributed by atoms with van der Waals surface area (Å²) in [4.78, 5) is 43.8. The minimum atomic E-state index is -0.132. The van der Waals surface area contributed by atoms with Crippen molar-refractivity contribution in [2.45, 2.75) is 45.1 Å². The molecule has 2 aromatic heterocycles. The van der Waals surface area contributed by atoms with E-state index in [-0.39, 0.29) is 23.8 Å². The monoisotopic (exact) mass is 393 g/mol. The quantitative estimate of drug-likeness (QED) is 0.694. The van der Waals surface area contributed by atoms with Gasteiger partial charge in [-0.3, -0.25) is 19.0 Å². The third kappa shape index (κ3) is 2.86. The van der Waals surface area contributed by atoms with Crippen LogP contribution in [0, 0.1) is 0 Å². The maximum Gasteiger partial charge on any atom is 0.262 e. The van der Waals surface area contributed by atoms with E-state index in [0.717, 1.165) is 47.3 Å². The summed E-state index contributed by atoms with van der Waals surface area (Å²) in [6, 6.07) is 5.29. The Morgan fingerprint density at radius 3 is 2.89 bits per heavy atom. The number of hydrogen-bond acceptors (Lipinski definition) is 5. The van der Waals surface area contributed by atoms with Gasteiger partial charge < -0.3 is 5.32 Å². The summed E-state index contributed by atoms with van der Waals surface area (Å²) in [6.45, 7) is -0.0302. The molecule has 1 aliphatic heterocycles. The van der Waals surface area contributed by atoms with Crippen LogP contribution in [0.15, 0.2) is 29.3 Å². The molecule has 5 rings (SSSR count). The van der Waals surface area contributed by atoms with E-state index in [1.165, 1.54) is 15.8 Å². The molecule has 0 spiro atoms. The average molecular weight is 393 g/mol. The number of hydrogen-bond donors (Lipinski definition) is 1. The Labute approximate surface area is 165 Å². The highest BCUT2D eigenvalue weighted by Crippen LogP contribution is 2.33. The van der Waals surface area contributed by atoms with Crippen molar-refractivity contribution in [2.75, 3.05) is 5.32 Å². The molecule has 6 nitrogen and oxygen atoms in total. The molecule has 3 heterocycles. The number of fused-ring (bicyclic) bond motifs is 4. The second-order valence-corrected chi connectivity index (χ2v) is 8.50. The van der Waals surface area contributed by atoms with E-state index < -0.39 is 0 Å². The van der Waals surface area contributed by atoms with Crippen molar-refractivity contribution < 1.29 is 9.59 Å². The molecule has 0 saturated carbocycles. The van der Waals surface area contributed by atoms with Crippen molar-refractivity contribution >= 4 is 38.9 Å². The lowest BCUT2D eigenvalue weighted by Gasteiger charge is -2.17. The molecular formula is C21H19N3O3S. The Morgan fingerprint density at radius 1 is 1.14 bits per heavy atom. The molecule has 0 bridgehead atoms. The third-order valence-electron chi connectivity index (χ3n) is 5.58. The fourth-order valence-electron chi connectivity index (χ4n) is 4.10. The first-order chi connectivity index (χ1) is 13.6. The lowest BCUT2D eigenvalue weighted by Crippen LogP contribution is -2.25. The normalized spacial score (nSPS) is 15.8. The number of aryl methyl sites for hydroxylation is 3. The second-order valence-electron chi connectivity index (χ2n) is 7.41. The van der Waals surface area contributed by atoms with Crippen LogP contribution in [-0.2, 0) is 30.6 Å². The van der Waals surface area contributed by atoms with Gasteiger partial charge in [-0.1, -0.05) is 0 Å². The number of benzene rings is 1. The number of nitrogens with zero attached hydrogens (tertiary/aromatic N) is 2. The van der Waals surface area contributed by atoms with Gasteiger partial charge in [0.25, 0.3) is 5.56 Å². The Morgan fingerprint density at radius 2 is 2.00 bits per heavy atom. The van der Waals surface area contributed by atoms with Crippen LogP contribution >= 0.6 is 11.3 Å². The predicted molar refractivity (Wildman–Crippen MR) is 108 cm³/mol. The van der Waals surface area contributed by atoms with Crippen LogP contribution in [0.1, 0.15) is 45.6 Å². The van der Waals surface area contributed by atoms with Crippen LogP contribution in [0.2, 0.25) is 0 Å². The molecule has 1 aromatic carbocycles. The van der Waals surface area contributed by atoms with Gasteiger partial charge in [-0.05, 0) is 61.4 Å². The summed E-state index contributed by atoms with van der Waals surface area (Å²) in [6.07, 6.45) is 6.72. The van der Waals surface area contributed by atoms with Gasteiger partial charge in [0.2, 0.25) is 5.91 Å². The first-order valence-electron chi connectivity index (χ1n) is 9.56. The van der Waals surface area contributed by atoms with E-state index in [1.54, 1.807) is 23.5 Å². The minimum absolute atomic E-state index is 0.00315. The van der Waals surface area contributed by atoms with Crippen LogP contribution in [-0.4, -0.2) is 21.2 Å². The van der Waals surface area contributed by atoms with Gasteiger partial charge >= 0.3 is 0 Å². The summed E-state index contributed by atoms with van der Waals surface area (Å²) in [5.74, 6) is -0.136. The van der Waals surface area contributed by atoms with E-state index in [2.05, 4.69) is 10.3 Å². The second kappa shape index (κ2) is 6.67. The molecule has 0 fully saturated rings. The lowest BCUT2D eigenvalue weighted by atomic mass is 9.97. The Kier molecular flexibility index (Phi) is 4.12. The SMILES string of the molecule is O=C1CCc2cc(C(=O)Cn3cnc4sc5c(c4c3=O)CCCC5)ccc2N1. The zero-order chi connectivity index (χ0) is 19.3. The number of Topliss-reactive ketones (excluding diaryl/α,β-unsaturated/α-hetero) is 1. The number of carbonyl (C=O) groups is 2. The van der Waals surface area contributed by atoms with E-state index >= 15 is 0 Å². The molecule has 0 unspecified atom stereocenters. The number of aromatic nitrogens is 2. The fraction of sp³-hybridized carbons (Fsp3) is 0.333. The minimum Gasteiger partial charge on any atom is -0.326 e. The first-order valence-corrected chi connectivity index (χ1v) is 10.4. The predicted octanol–water partition coefficient (Wildman–Crippen LogP) is 3.10. The van der Waals surface area contributed by atoms with Gasteiger partial charge in [0.1, 0.15) is 4.83 Å². The summed E-state index contributed by atoms with van der Waals surface area (Å²) < 4.78 is 1.42. The van der Waals surface area contributed by atoms with Gasteiger partial charge in [-0.2, -0.15) is 0 Å². The molecule has 142 valence electrons. The number of ketones is 1. The molecule has 2 aliphatic rings. The van der Waals surface area contributed by atoms with Crippen molar-refractivity contribution in [3.05, 3.63) is 56.4 Å². The van der Waals surface area contributed by atoms with Gasteiger partial charge in [-0.25, -0.2) is 4.98 Å². The van der Waals surface area contributed by atoms with Crippen molar-refractivity contribution in [3.8, 4) is 0 Å². The molecule has 1 amide bonds. The highest BCUT2D eigenvalue weighted by Gasteiger charge is 2.21. The summed E-state index contributed by atoms with van der Waals surface area (Å²) in [7, 11) is 0. The number of amides is 1. The third-order valence-corrected chi connectivity index (χ3v) is 6.78. The maximum atomic E-state index is 13.0. The summed E-state index contributed by atoms with van der Waals surface area (Å²) in [5, 5.41) is 3.51. The zero-order valence-corrected chi connectivity index (χ0v) is 16.1. The van der Waals surface area contributed by atoms with E-state index in [0.29, 0.717) is 23.8 Å². The van der Waals surface area contributed by atoms with Gasteiger partial charge in [0.05, 0.1) is 18.3 Å². The topological polar surface area (TPSA) is 81.1 Å². The standard InChI is InChI=1S/C21H19N3O3S/c25-16(13-5-7-15-12(9-13)6-8-18(26)23-15)10-24-11-22-20-19(21(24)27)14-3-1-2-4-17(14)28-20/h5,7,9,11H,1-4,6,8,10H2,(H,23,26). The molecular weight excluding hydrogens is 374 g/mol. The Hall–Kier alpha value is -2.80. The smallest absolute Gasteiger partial charge is 0.262 e. The largest absolute Gasteiger partial charge is 0.326 e. The Bertz CT molecular complexity index is 1190. The molecule has 3 aromatic rings. The molecule has 1 aliphatic carbocycles. The van der Waals surface area contributed by atoms with Crippen LogP contribution in [0.3, 0.4) is 0 Å². The number of carbonyl (C=O) groups excluding carboxylic acids is 2. The van der Waals surface area contributed by atoms with E-state index in [1.807, 2.05) is 6.07 Å². The number of nitrogens with one attached hydrogen (secondary N) is 1. The Balaban J connectivity index is 1.47. The highest BCUT2D eigenvalue weighted by molar-refractivity contribution is 7.18. The van der Waals surface area contributed by atoms with Crippen LogP contribution in [0.25, 0.3) is 10.2 Å². The fourth-order valence-corrected chi connectivity index (χ4v) is 5.32.